The van der Waals surface area contributed by atoms with Crippen molar-refractivity contribution in [3.63, 3.8) is 0 Å². The van der Waals surface area contributed by atoms with Gasteiger partial charge in [0.1, 0.15) is 11.5 Å². The van der Waals surface area contributed by atoms with E-state index < -0.39 is 0 Å². The molecule has 0 atom stereocenters. The van der Waals surface area contributed by atoms with Gasteiger partial charge < -0.3 is 10.6 Å². The highest BCUT2D eigenvalue weighted by Crippen LogP contribution is 2.20. The lowest BCUT2D eigenvalue weighted by atomic mass is 10.1. The molecular formula is C21H21FN4O. The highest BCUT2D eigenvalue weighted by molar-refractivity contribution is 6.03. The number of nitrogens with zero attached hydrogens (tertiary/aromatic N) is 2. The van der Waals surface area contributed by atoms with Crippen molar-refractivity contribution in [3.05, 3.63) is 82.9 Å². The van der Waals surface area contributed by atoms with E-state index in [1.165, 1.54) is 12.3 Å². The molecule has 0 aliphatic rings. The first-order valence-corrected chi connectivity index (χ1v) is 8.72. The van der Waals surface area contributed by atoms with Crippen molar-refractivity contribution in [2.45, 2.75) is 20.3 Å². The van der Waals surface area contributed by atoms with E-state index in [0.717, 1.165) is 16.8 Å². The van der Waals surface area contributed by atoms with E-state index in [2.05, 4.69) is 20.6 Å². The summed E-state index contributed by atoms with van der Waals surface area (Å²) in [4.78, 5) is 20.9. The Kier molecular flexibility index (Phi) is 5.76. The average Bonchev–Trinajstić information content (AvgIpc) is 2.66. The monoisotopic (exact) mass is 364 g/mol. The highest BCUT2D eigenvalue weighted by atomic mass is 19.1. The van der Waals surface area contributed by atoms with E-state index in [1.807, 2.05) is 32.0 Å². The largest absolute Gasteiger partial charge is 0.354 e. The highest BCUT2D eigenvalue weighted by Gasteiger charge is 2.12. The van der Waals surface area contributed by atoms with E-state index in [9.17, 15) is 9.18 Å². The summed E-state index contributed by atoms with van der Waals surface area (Å²) in [5.41, 5.74) is 3.64. The van der Waals surface area contributed by atoms with Crippen LogP contribution in [0.15, 0.2) is 54.7 Å². The van der Waals surface area contributed by atoms with E-state index >= 15 is 0 Å². The first-order chi connectivity index (χ1) is 13.0. The molecule has 138 valence electrons. The first-order valence-electron chi connectivity index (χ1n) is 8.72. The van der Waals surface area contributed by atoms with Gasteiger partial charge in [-0.1, -0.05) is 36.4 Å². The number of aryl methyl sites for hydroxylation is 2. The van der Waals surface area contributed by atoms with E-state index in [4.69, 9.17) is 0 Å². The van der Waals surface area contributed by atoms with Gasteiger partial charge in [0.15, 0.2) is 0 Å². The summed E-state index contributed by atoms with van der Waals surface area (Å²) in [5, 5.41) is 5.94. The van der Waals surface area contributed by atoms with E-state index in [0.29, 0.717) is 24.5 Å². The summed E-state index contributed by atoms with van der Waals surface area (Å²) < 4.78 is 13.6. The lowest BCUT2D eigenvalue weighted by Crippen LogP contribution is -2.17. The number of hydrogen-bond donors (Lipinski definition) is 2. The molecule has 3 rings (SSSR count). The van der Waals surface area contributed by atoms with Crippen LogP contribution in [-0.2, 0) is 6.42 Å². The zero-order chi connectivity index (χ0) is 19.2. The number of carbonyl (C=O) groups is 1. The molecule has 0 aliphatic carbocycles. The minimum atomic E-state index is -0.299. The molecule has 0 bridgehead atoms. The van der Waals surface area contributed by atoms with Gasteiger partial charge in [-0.25, -0.2) is 14.4 Å². The lowest BCUT2D eigenvalue weighted by molar-refractivity contribution is 0.102. The number of rotatable bonds is 6. The fourth-order valence-corrected chi connectivity index (χ4v) is 2.77. The van der Waals surface area contributed by atoms with Gasteiger partial charge in [-0.2, -0.15) is 0 Å². The van der Waals surface area contributed by atoms with Crippen LogP contribution in [0.4, 0.5) is 16.0 Å². The van der Waals surface area contributed by atoms with Gasteiger partial charge in [-0.05, 0) is 49.1 Å². The number of carbonyl (C=O) groups excluding carboxylic acids is 1. The molecule has 0 unspecified atom stereocenters. The summed E-state index contributed by atoms with van der Waals surface area (Å²) in [5.74, 6) is -0.200. The molecule has 0 spiro atoms. The number of amides is 1. The van der Waals surface area contributed by atoms with Crippen molar-refractivity contribution in [2.24, 2.45) is 0 Å². The van der Waals surface area contributed by atoms with Gasteiger partial charge in [0.2, 0.25) is 5.95 Å². The van der Waals surface area contributed by atoms with Crippen LogP contribution in [0.1, 0.15) is 27.2 Å². The Balaban J connectivity index is 1.64. The lowest BCUT2D eigenvalue weighted by Gasteiger charge is -2.11. The maximum atomic E-state index is 13.6. The van der Waals surface area contributed by atoms with Gasteiger partial charge in [-0.15, -0.1) is 0 Å². The Labute approximate surface area is 157 Å². The summed E-state index contributed by atoms with van der Waals surface area (Å²) in [7, 11) is 0. The Morgan fingerprint density at radius 1 is 1.04 bits per heavy atom. The SMILES string of the molecule is Cc1cccc(C)c1NC(=O)c1ccnc(NCCc2ccccc2F)n1. The van der Waals surface area contributed by atoms with Gasteiger partial charge in [0.25, 0.3) is 5.91 Å². The number of hydrogen-bond acceptors (Lipinski definition) is 4. The zero-order valence-corrected chi connectivity index (χ0v) is 15.3. The van der Waals surface area contributed by atoms with Crippen LogP contribution in [0.25, 0.3) is 0 Å². The normalized spacial score (nSPS) is 10.5. The average molecular weight is 364 g/mol. The van der Waals surface area contributed by atoms with Crippen molar-refractivity contribution in [2.75, 3.05) is 17.2 Å². The minimum absolute atomic E-state index is 0.234. The molecule has 0 saturated heterocycles. The van der Waals surface area contributed by atoms with Crippen LogP contribution in [-0.4, -0.2) is 22.4 Å². The molecule has 1 aromatic heterocycles. The second kappa shape index (κ2) is 8.40. The second-order valence-corrected chi connectivity index (χ2v) is 6.25. The Hall–Kier alpha value is -3.28. The van der Waals surface area contributed by atoms with Gasteiger partial charge in [0.05, 0.1) is 0 Å². The Bertz CT molecular complexity index is 938. The van der Waals surface area contributed by atoms with Crippen LogP contribution in [0.3, 0.4) is 0 Å². The molecule has 0 aliphatic heterocycles. The summed E-state index contributed by atoms with van der Waals surface area (Å²) in [6.07, 6.45) is 2.02. The van der Waals surface area contributed by atoms with Crippen LogP contribution in [0.2, 0.25) is 0 Å². The molecule has 1 amide bonds. The molecule has 0 saturated carbocycles. The molecule has 0 radical (unpaired) electrons. The Morgan fingerprint density at radius 2 is 1.78 bits per heavy atom. The van der Waals surface area contributed by atoms with Gasteiger partial charge in [-0.3, -0.25) is 4.79 Å². The maximum absolute atomic E-state index is 13.6. The number of halogens is 1. The van der Waals surface area contributed by atoms with Crippen molar-refractivity contribution in [1.82, 2.24) is 9.97 Å². The van der Waals surface area contributed by atoms with Crippen molar-refractivity contribution >= 4 is 17.5 Å². The molecule has 6 heteroatoms. The van der Waals surface area contributed by atoms with Crippen LogP contribution < -0.4 is 10.6 Å². The molecule has 3 aromatic rings. The van der Waals surface area contributed by atoms with Crippen LogP contribution >= 0.6 is 0 Å². The fourth-order valence-electron chi connectivity index (χ4n) is 2.77. The topological polar surface area (TPSA) is 66.9 Å². The standard InChI is InChI=1S/C21H21FN4O/c1-14-6-5-7-15(2)19(14)26-20(27)18-11-13-24-21(25-18)23-12-10-16-8-3-4-9-17(16)22/h3-9,11,13H,10,12H2,1-2H3,(H,26,27)(H,23,24,25). The predicted molar refractivity (Wildman–Crippen MR) is 104 cm³/mol. The molecule has 0 fully saturated rings. The zero-order valence-electron chi connectivity index (χ0n) is 15.3. The molecule has 5 nitrogen and oxygen atoms in total. The minimum Gasteiger partial charge on any atom is -0.354 e. The molecule has 2 N–H and O–H groups in total. The number of para-hydroxylation sites is 1. The summed E-state index contributed by atoms with van der Waals surface area (Å²) in [6, 6.07) is 14.0. The van der Waals surface area contributed by atoms with Crippen LogP contribution in [0, 0.1) is 19.7 Å². The van der Waals surface area contributed by atoms with Crippen molar-refractivity contribution < 1.29 is 9.18 Å². The Morgan fingerprint density at radius 3 is 2.52 bits per heavy atom. The van der Waals surface area contributed by atoms with Gasteiger partial charge in [0, 0.05) is 18.4 Å². The third-order valence-electron chi connectivity index (χ3n) is 4.24. The van der Waals surface area contributed by atoms with Crippen molar-refractivity contribution in [3.8, 4) is 0 Å². The second-order valence-electron chi connectivity index (χ2n) is 6.25. The van der Waals surface area contributed by atoms with E-state index in [-0.39, 0.29) is 17.4 Å². The maximum Gasteiger partial charge on any atom is 0.274 e. The van der Waals surface area contributed by atoms with Crippen molar-refractivity contribution in [1.29, 1.82) is 0 Å². The first kappa shape index (κ1) is 18.5. The molecule has 2 aromatic carbocycles. The fraction of sp³-hybridized carbons (Fsp3) is 0.190. The number of aromatic nitrogens is 2. The number of benzene rings is 2. The summed E-state index contributed by atoms with van der Waals surface area (Å²) >= 11 is 0. The molecular weight excluding hydrogens is 343 g/mol. The predicted octanol–water partition coefficient (Wildman–Crippen LogP) is 4.14. The van der Waals surface area contributed by atoms with E-state index in [1.54, 1.807) is 24.3 Å². The van der Waals surface area contributed by atoms with Gasteiger partial charge >= 0.3 is 0 Å². The third-order valence-corrected chi connectivity index (χ3v) is 4.24. The molecule has 1 heterocycles. The smallest absolute Gasteiger partial charge is 0.274 e. The number of anilines is 2. The quantitative estimate of drug-likeness (QED) is 0.690. The summed E-state index contributed by atoms with van der Waals surface area (Å²) in [6.45, 7) is 4.35. The number of nitrogens with one attached hydrogen (secondary N) is 2. The third kappa shape index (κ3) is 4.67. The van der Waals surface area contributed by atoms with Crippen LogP contribution in [0.5, 0.6) is 0 Å². The molecule has 27 heavy (non-hydrogen) atoms.